The molecule has 0 unspecified atom stereocenters. The average molecular weight is 465 g/mol. The number of nitrogens with zero attached hydrogens (tertiary/aromatic N) is 4. The number of anilines is 1. The number of hydrogen-bond acceptors (Lipinski definition) is 4. The monoisotopic (exact) mass is 464 g/mol. The average Bonchev–Trinajstić information content (AvgIpc) is 2.86. The SMILES string of the molecule is CCCCCCCCCCCCCC(=O)N1CCc2nc(-c3ccccc3)nc(N(C)C)c2C1. The molecule has 1 aliphatic rings. The van der Waals surface area contributed by atoms with Gasteiger partial charge < -0.3 is 9.80 Å². The number of unbranched alkanes of at least 4 members (excludes halogenated alkanes) is 10. The lowest BCUT2D eigenvalue weighted by molar-refractivity contribution is -0.132. The van der Waals surface area contributed by atoms with Crippen molar-refractivity contribution in [1.29, 1.82) is 0 Å². The van der Waals surface area contributed by atoms with E-state index in [-0.39, 0.29) is 5.91 Å². The Balaban J connectivity index is 1.44. The summed E-state index contributed by atoms with van der Waals surface area (Å²) in [5.41, 5.74) is 3.21. The fourth-order valence-electron chi connectivity index (χ4n) is 4.79. The van der Waals surface area contributed by atoms with Gasteiger partial charge in [0.25, 0.3) is 0 Å². The Labute approximate surface area is 207 Å². The van der Waals surface area contributed by atoms with Gasteiger partial charge in [-0.25, -0.2) is 9.97 Å². The molecule has 186 valence electrons. The Morgan fingerprint density at radius 2 is 1.50 bits per heavy atom. The van der Waals surface area contributed by atoms with Crippen LogP contribution >= 0.6 is 0 Å². The lowest BCUT2D eigenvalue weighted by Gasteiger charge is -2.31. The number of benzene rings is 1. The Morgan fingerprint density at radius 3 is 2.12 bits per heavy atom. The van der Waals surface area contributed by atoms with E-state index in [1.54, 1.807) is 0 Å². The van der Waals surface area contributed by atoms with E-state index in [9.17, 15) is 4.79 Å². The molecule has 2 aromatic rings. The largest absolute Gasteiger partial charge is 0.362 e. The molecule has 0 radical (unpaired) electrons. The van der Waals surface area contributed by atoms with Gasteiger partial charge in [0.1, 0.15) is 5.82 Å². The summed E-state index contributed by atoms with van der Waals surface area (Å²) >= 11 is 0. The summed E-state index contributed by atoms with van der Waals surface area (Å²) in [5, 5.41) is 0. The molecule has 5 nitrogen and oxygen atoms in total. The first-order chi connectivity index (χ1) is 16.6. The van der Waals surface area contributed by atoms with Crippen LogP contribution in [0.25, 0.3) is 11.4 Å². The van der Waals surface area contributed by atoms with Crippen molar-refractivity contribution in [3.63, 3.8) is 0 Å². The second-order valence-corrected chi connectivity index (χ2v) is 9.91. The van der Waals surface area contributed by atoms with Crippen LogP contribution in [-0.4, -0.2) is 41.4 Å². The Morgan fingerprint density at radius 1 is 0.882 bits per heavy atom. The zero-order valence-electron chi connectivity index (χ0n) is 21.7. The van der Waals surface area contributed by atoms with Crippen molar-refractivity contribution in [3.8, 4) is 11.4 Å². The first-order valence-corrected chi connectivity index (χ1v) is 13.5. The van der Waals surface area contributed by atoms with Crippen LogP contribution in [0.2, 0.25) is 0 Å². The van der Waals surface area contributed by atoms with Crippen molar-refractivity contribution in [1.82, 2.24) is 14.9 Å². The Kier molecular flexibility index (Phi) is 10.8. The smallest absolute Gasteiger partial charge is 0.222 e. The van der Waals surface area contributed by atoms with Gasteiger partial charge in [-0.15, -0.1) is 0 Å². The van der Waals surface area contributed by atoms with Crippen molar-refractivity contribution in [2.45, 2.75) is 96.9 Å². The molecular formula is C29H44N4O. The zero-order valence-corrected chi connectivity index (χ0v) is 21.7. The molecule has 0 spiro atoms. The third kappa shape index (κ3) is 7.82. The van der Waals surface area contributed by atoms with Crippen LogP contribution < -0.4 is 4.90 Å². The molecule has 0 saturated heterocycles. The molecule has 0 bridgehead atoms. The number of hydrogen-bond donors (Lipinski definition) is 0. The number of carbonyl (C=O) groups is 1. The normalized spacial score (nSPS) is 13.1. The number of aromatic nitrogens is 2. The molecule has 0 aliphatic carbocycles. The quantitative estimate of drug-likeness (QED) is 0.289. The molecule has 1 aliphatic heterocycles. The van der Waals surface area contributed by atoms with Crippen LogP contribution in [0, 0.1) is 0 Å². The van der Waals surface area contributed by atoms with Gasteiger partial charge in [-0.3, -0.25) is 4.79 Å². The van der Waals surface area contributed by atoms with Crippen LogP contribution in [-0.2, 0) is 17.8 Å². The molecule has 0 N–H and O–H groups in total. The van der Waals surface area contributed by atoms with Crippen molar-refractivity contribution < 1.29 is 4.79 Å². The standard InChI is InChI=1S/C29H44N4O/c1-4-5-6-7-8-9-10-11-12-13-17-20-27(34)33-22-21-26-25(23-33)29(32(2)3)31-28(30-26)24-18-15-14-16-19-24/h14-16,18-19H,4-13,17,20-23H2,1-3H3. The molecule has 1 aromatic carbocycles. The Hall–Kier alpha value is -2.43. The van der Waals surface area contributed by atoms with E-state index >= 15 is 0 Å². The lowest BCUT2D eigenvalue weighted by atomic mass is 10.0. The fraction of sp³-hybridized carbons (Fsp3) is 0.621. The van der Waals surface area contributed by atoms with Crippen LogP contribution in [0.1, 0.15) is 95.2 Å². The highest BCUT2D eigenvalue weighted by Crippen LogP contribution is 2.29. The highest BCUT2D eigenvalue weighted by molar-refractivity contribution is 5.77. The summed E-state index contributed by atoms with van der Waals surface area (Å²) in [7, 11) is 4.03. The van der Waals surface area contributed by atoms with Crippen molar-refractivity contribution in [3.05, 3.63) is 41.6 Å². The second-order valence-electron chi connectivity index (χ2n) is 9.91. The summed E-state index contributed by atoms with van der Waals surface area (Å²) in [6, 6.07) is 10.1. The number of rotatable bonds is 14. The van der Waals surface area contributed by atoms with Crippen LogP contribution in [0.4, 0.5) is 5.82 Å². The molecule has 0 saturated carbocycles. The molecule has 2 heterocycles. The topological polar surface area (TPSA) is 49.3 Å². The minimum atomic E-state index is 0.276. The van der Waals surface area contributed by atoms with E-state index in [1.807, 2.05) is 54.2 Å². The molecule has 0 atom stereocenters. The maximum atomic E-state index is 12.9. The third-order valence-corrected chi connectivity index (χ3v) is 6.84. The summed E-state index contributed by atoms with van der Waals surface area (Å²) < 4.78 is 0. The van der Waals surface area contributed by atoms with Crippen molar-refractivity contribution >= 4 is 11.7 Å². The van der Waals surface area contributed by atoms with E-state index in [4.69, 9.17) is 9.97 Å². The van der Waals surface area contributed by atoms with Gasteiger partial charge in [-0.2, -0.15) is 0 Å². The fourth-order valence-corrected chi connectivity index (χ4v) is 4.79. The van der Waals surface area contributed by atoms with Crippen molar-refractivity contribution in [2.24, 2.45) is 0 Å². The minimum absolute atomic E-state index is 0.276. The van der Waals surface area contributed by atoms with Gasteiger partial charge in [0.15, 0.2) is 5.82 Å². The molecule has 3 rings (SSSR count). The van der Waals surface area contributed by atoms with E-state index in [1.165, 1.54) is 64.2 Å². The number of carbonyl (C=O) groups excluding carboxylic acids is 1. The predicted octanol–water partition coefficient (Wildman–Crippen LogP) is 6.80. The molecule has 34 heavy (non-hydrogen) atoms. The maximum Gasteiger partial charge on any atom is 0.222 e. The summed E-state index contributed by atoms with van der Waals surface area (Å²) in [6.07, 6.45) is 15.8. The molecular weight excluding hydrogens is 420 g/mol. The lowest BCUT2D eigenvalue weighted by Crippen LogP contribution is -2.37. The van der Waals surface area contributed by atoms with Crippen LogP contribution in [0.15, 0.2) is 30.3 Å². The van der Waals surface area contributed by atoms with Gasteiger partial charge in [0.05, 0.1) is 12.2 Å². The van der Waals surface area contributed by atoms with Gasteiger partial charge >= 0.3 is 0 Å². The summed E-state index contributed by atoms with van der Waals surface area (Å²) in [4.78, 5) is 26.7. The van der Waals surface area contributed by atoms with E-state index < -0.39 is 0 Å². The highest BCUT2D eigenvalue weighted by Gasteiger charge is 2.26. The number of amides is 1. The summed E-state index contributed by atoms with van der Waals surface area (Å²) in [5.74, 6) is 1.97. The minimum Gasteiger partial charge on any atom is -0.362 e. The third-order valence-electron chi connectivity index (χ3n) is 6.84. The first kappa shape index (κ1) is 26.2. The van der Waals surface area contributed by atoms with Crippen LogP contribution in [0.3, 0.4) is 0 Å². The second kappa shape index (κ2) is 14.1. The predicted molar refractivity (Wildman–Crippen MR) is 142 cm³/mol. The van der Waals surface area contributed by atoms with Crippen LogP contribution in [0.5, 0.6) is 0 Å². The van der Waals surface area contributed by atoms with E-state index in [2.05, 4.69) is 6.92 Å². The van der Waals surface area contributed by atoms with E-state index in [0.29, 0.717) is 13.0 Å². The molecule has 0 fully saturated rings. The number of fused-ring (bicyclic) bond motifs is 1. The highest BCUT2D eigenvalue weighted by atomic mass is 16.2. The molecule has 5 heteroatoms. The maximum absolute atomic E-state index is 12.9. The molecule has 1 aromatic heterocycles. The summed E-state index contributed by atoms with van der Waals surface area (Å²) in [6.45, 7) is 3.64. The Bertz CT molecular complexity index is 881. The van der Waals surface area contributed by atoms with Crippen molar-refractivity contribution in [2.75, 3.05) is 25.5 Å². The van der Waals surface area contributed by atoms with E-state index in [0.717, 1.165) is 47.8 Å². The van der Waals surface area contributed by atoms with Gasteiger partial charge in [0, 0.05) is 44.6 Å². The van der Waals surface area contributed by atoms with Gasteiger partial charge in [0.2, 0.25) is 5.91 Å². The molecule has 1 amide bonds. The van der Waals surface area contributed by atoms with Gasteiger partial charge in [-0.05, 0) is 6.42 Å². The van der Waals surface area contributed by atoms with Gasteiger partial charge in [-0.1, -0.05) is 101 Å². The first-order valence-electron chi connectivity index (χ1n) is 13.5. The zero-order chi connectivity index (χ0) is 24.2.